The fraction of sp³-hybridized carbons (Fsp3) is 0.576. The number of methoxy groups -OCH3 is 2. The summed E-state index contributed by atoms with van der Waals surface area (Å²) in [7, 11) is 2.84. The first kappa shape index (κ1) is 46.8. The van der Waals surface area contributed by atoms with Gasteiger partial charge in [-0.1, -0.05) is 0 Å². The van der Waals surface area contributed by atoms with E-state index in [1.165, 1.54) is 20.3 Å². The number of rotatable bonds is 23. The van der Waals surface area contributed by atoms with Crippen LogP contribution in [0.1, 0.15) is 36.7 Å². The maximum absolute atomic E-state index is 13.8. The largest absolute Gasteiger partial charge is 0.497 e. The smallest absolute Gasteiger partial charge is 0.342 e. The molecule has 3 rings (SSSR count). The average molecular weight is 818 g/mol. The molecule has 56 heavy (non-hydrogen) atoms. The van der Waals surface area contributed by atoms with Crippen molar-refractivity contribution >= 4 is 41.4 Å². The highest BCUT2D eigenvalue weighted by Crippen LogP contribution is 2.31. The number of ether oxygens (including phenoxy) is 8. The summed E-state index contributed by atoms with van der Waals surface area (Å²) in [6, 6.07) is 3.07. The predicted octanol–water partition coefficient (Wildman–Crippen LogP) is 1.38. The molecule has 0 aliphatic carbocycles. The van der Waals surface area contributed by atoms with Crippen LogP contribution in [0.2, 0.25) is 0 Å². The standard InChI is InChI=1S/C29H43N5O13S.C4H4O4/c1-29(2,3)30-16-22(18-45-27-26(31-48-32-27)33-6-8-41-9-7-33)47-28(36)25-20(14-21(39-4)15-23(25)40-5)17-44-24(35)19-43-11-10-42-12-13-46-34(37)38;5-3(6)1-2-4(7)8/h14-15,22,30H,6-13,16-19H2,1-5H3;1-2H,(H,5,6)(H,7,8)/b;2-1-/t22-;/m0./s1. The Balaban J connectivity index is 0.00000122. The van der Waals surface area contributed by atoms with Gasteiger partial charge < -0.3 is 63.2 Å². The van der Waals surface area contributed by atoms with E-state index < -0.39 is 41.7 Å². The van der Waals surface area contributed by atoms with Crippen molar-refractivity contribution in [2.45, 2.75) is 39.0 Å². The number of nitrogens with zero attached hydrogens (tertiary/aromatic N) is 4. The molecular formula is C33H47N5O17S. The number of nitrogens with one attached hydrogen (secondary N) is 1. The van der Waals surface area contributed by atoms with Crippen molar-refractivity contribution in [1.29, 1.82) is 0 Å². The Labute approximate surface area is 325 Å². The molecule has 1 aromatic carbocycles. The molecule has 1 atom stereocenters. The molecule has 1 aliphatic heterocycles. The van der Waals surface area contributed by atoms with Crippen molar-refractivity contribution in [1.82, 2.24) is 14.1 Å². The van der Waals surface area contributed by atoms with E-state index in [0.29, 0.717) is 55.9 Å². The van der Waals surface area contributed by atoms with Gasteiger partial charge in [0.1, 0.15) is 49.6 Å². The van der Waals surface area contributed by atoms with Crippen LogP contribution in [-0.2, 0) is 49.5 Å². The molecule has 1 fully saturated rings. The van der Waals surface area contributed by atoms with Crippen LogP contribution in [0, 0.1) is 10.1 Å². The average Bonchev–Trinajstić information content (AvgIpc) is 3.63. The summed E-state index contributed by atoms with van der Waals surface area (Å²) in [6.07, 6.45) is 0.352. The zero-order valence-electron chi connectivity index (χ0n) is 31.6. The fourth-order valence-corrected chi connectivity index (χ4v) is 4.85. The number of carboxylic acid groups (broad SMARTS) is 2. The zero-order valence-corrected chi connectivity index (χ0v) is 32.4. The number of carbonyl (C=O) groups excluding carboxylic acids is 2. The van der Waals surface area contributed by atoms with Gasteiger partial charge in [0.05, 0.1) is 59.0 Å². The SMILES string of the molecule is COc1cc(COC(=O)COCCOCCO[N+](=O)[O-])c(C(=O)O[C@@H](CNC(C)(C)C)COc2nsnc2N2CCOCC2)c(OC)c1.O=C(O)/C=C\C(=O)O. The van der Waals surface area contributed by atoms with E-state index in [4.69, 9.17) is 48.1 Å². The lowest BCUT2D eigenvalue weighted by Crippen LogP contribution is -2.44. The number of morpholine rings is 1. The van der Waals surface area contributed by atoms with Crippen molar-refractivity contribution in [2.24, 2.45) is 0 Å². The number of benzene rings is 1. The molecule has 23 heteroatoms. The Morgan fingerprint density at radius 1 is 1.02 bits per heavy atom. The summed E-state index contributed by atoms with van der Waals surface area (Å²) in [5.41, 5.74) is 0.0332. The van der Waals surface area contributed by atoms with Gasteiger partial charge in [0, 0.05) is 49.0 Å². The lowest BCUT2D eigenvalue weighted by molar-refractivity contribution is -0.758. The lowest BCUT2D eigenvalue weighted by Gasteiger charge is -2.28. The monoisotopic (exact) mass is 817 g/mol. The van der Waals surface area contributed by atoms with Crippen molar-refractivity contribution in [3.63, 3.8) is 0 Å². The Bertz CT molecular complexity index is 1580. The second-order valence-electron chi connectivity index (χ2n) is 12.2. The van der Waals surface area contributed by atoms with Gasteiger partial charge in [-0.25, -0.2) is 19.2 Å². The second kappa shape index (κ2) is 24.9. The minimum Gasteiger partial charge on any atom is -0.497 e. The molecule has 2 heterocycles. The summed E-state index contributed by atoms with van der Waals surface area (Å²) >= 11 is 1.03. The molecule has 3 N–H and O–H groups in total. The molecule has 0 amide bonds. The highest BCUT2D eigenvalue weighted by molar-refractivity contribution is 6.99. The van der Waals surface area contributed by atoms with Gasteiger partial charge in [-0.3, -0.25) is 0 Å². The molecule has 0 unspecified atom stereocenters. The highest BCUT2D eigenvalue weighted by Gasteiger charge is 2.27. The minimum atomic E-state index is -1.26. The maximum Gasteiger partial charge on any atom is 0.342 e. The molecule has 312 valence electrons. The number of hydrogen-bond acceptors (Lipinski definition) is 20. The van der Waals surface area contributed by atoms with E-state index in [-0.39, 0.29) is 68.6 Å². The number of esters is 2. The van der Waals surface area contributed by atoms with Crippen LogP contribution in [0.5, 0.6) is 17.4 Å². The molecule has 0 bridgehead atoms. The van der Waals surface area contributed by atoms with Crippen LogP contribution in [0.25, 0.3) is 0 Å². The van der Waals surface area contributed by atoms with E-state index in [2.05, 4.69) is 18.9 Å². The summed E-state index contributed by atoms with van der Waals surface area (Å²) in [5, 5.41) is 28.2. The van der Waals surface area contributed by atoms with Gasteiger partial charge in [-0.15, -0.1) is 14.5 Å². The van der Waals surface area contributed by atoms with E-state index in [1.807, 2.05) is 25.7 Å². The predicted molar refractivity (Wildman–Crippen MR) is 194 cm³/mol. The summed E-state index contributed by atoms with van der Waals surface area (Å²) in [4.78, 5) is 61.6. The first-order valence-corrected chi connectivity index (χ1v) is 17.6. The number of carboxylic acids is 2. The third-order valence-corrected chi connectivity index (χ3v) is 7.39. The van der Waals surface area contributed by atoms with Crippen LogP contribution in [-0.4, -0.2) is 146 Å². The molecule has 1 aliphatic rings. The van der Waals surface area contributed by atoms with Crippen LogP contribution in [0.15, 0.2) is 24.3 Å². The van der Waals surface area contributed by atoms with Gasteiger partial charge in [-0.05, 0) is 26.8 Å². The molecule has 2 aromatic rings. The molecule has 0 radical (unpaired) electrons. The Kier molecular flexibility index (Phi) is 20.8. The van der Waals surface area contributed by atoms with Crippen LogP contribution in [0.3, 0.4) is 0 Å². The van der Waals surface area contributed by atoms with E-state index in [0.717, 1.165) is 11.7 Å². The molecule has 1 saturated heterocycles. The van der Waals surface area contributed by atoms with Gasteiger partial charge in [-0.2, -0.15) is 4.37 Å². The van der Waals surface area contributed by atoms with Crippen molar-refractivity contribution in [3.8, 4) is 17.4 Å². The first-order chi connectivity index (χ1) is 26.6. The molecule has 1 aromatic heterocycles. The van der Waals surface area contributed by atoms with Gasteiger partial charge in [0.15, 0.2) is 0 Å². The van der Waals surface area contributed by atoms with E-state index in [9.17, 15) is 29.3 Å². The molecule has 22 nitrogen and oxygen atoms in total. The molecular weight excluding hydrogens is 770 g/mol. The summed E-state index contributed by atoms with van der Waals surface area (Å²) in [6.45, 7) is 7.81. The number of aliphatic carboxylic acids is 2. The quantitative estimate of drug-likeness (QED) is 0.0470. The zero-order chi connectivity index (χ0) is 41.5. The van der Waals surface area contributed by atoms with Crippen molar-refractivity contribution < 1.29 is 77.2 Å². The first-order valence-electron chi connectivity index (χ1n) is 16.8. The van der Waals surface area contributed by atoms with Crippen LogP contribution >= 0.6 is 11.7 Å². The fourth-order valence-electron chi connectivity index (χ4n) is 4.33. The second-order valence-corrected chi connectivity index (χ2v) is 12.7. The number of aromatic nitrogens is 2. The number of anilines is 1. The molecule has 0 saturated carbocycles. The van der Waals surface area contributed by atoms with Crippen molar-refractivity contribution in [3.05, 3.63) is 45.5 Å². The summed E-state index contributed by atoms with van der Waals surface area (Å²) in [5.74, 6) is -2.49. The van der Waals surface area contributed by atoms with E-state index in [1.54, 1.807) is 6.07 Å². The van der Waals surface area contributed by atoms with Gasteiger partial charge in [0.25, 0.3) is 11.0 Å². The Morgan fingerprint density at radius 3 is 2.29 bits per heavy atom. The Hall–Kier alpha value is -5.36. The third kappa shape index (κ3) is 18.8. The van der Waals surface area contributed by atoms with Crippen LogP contribution in [0.4, 0.5) is 5.82 Å². The third-order valence-electron chi connectivity index (χ3n) is 6.88. The molecule has 0 spiro atoms. The lowest BCUT2D eigenvalue weighted by atomic mass is 10.1. The number of hydrogen-bond donors (Lipinski definition) is 3. The Morgan fingerprint density at radius 2 is 1.68 bits per heavy atom. The minimum absolute atomic E-state index is 0.0118. The topological polar surface area (TPSA) is 276 Å². The highest BCUT2D eigenvalue weighted by atomic mass is 32.1. The maximum atomic E-state index is 13.8. The van der Waals surface area contributed by atoms with Gasteiger partial charge >= 0.3 is 23.9 Å². The summed E-state index contributed by atoms with van der Waals surface area (Å²) < 4.78 is 52.7. The van der Waals surface area contributed by atoms with Crippen molar-refractivity contribution in [2.75, 3.05) is 91.6 Å². The normalized spacial score (nSPS) is 13.2. The number of carbonyl (C=O) groups is 4. The van der Waals surface area contributed by atoms with Gasteiger partial charge in [0.2, 0.25) is 5.82 Å². The van der Waals surface area contributed by atoms with Crippen LogP contribution < -0.4 is 24.4 Å². The van der Waals surface area contributed by atoms with E-state index >= 15 is 0 Å².